The van der Waals surface area contributed by atoms with Crippen molar-refractivity contribution in [3.8, 4) is 17.3 Å². The van der Waals surface area contributed by atoms with Crippen LogP contribution in [0.1, 0.15) is 103 Å². The van der Waals surface area contributed by atoms with E-state index >= 15 is 0 Å². The third kappa shape index (κ3) is 8.56. The van der Waals surface area contributed by atoms with Gasteiger partial charge in [0.05, 0.1) is 0 Å². The minimum absolute atomic E-state index is 0. The zero-order valence-corrected chi connectivity index (χ0v) is 43.0. The van der Waals surface area contributed by atoms with Crippen LogP contribution in [0.2, 0.25) is 0 Å². The Morgan fingerprint density at radius 3 is 1.78 bits per heavy atom. The molecule has 0 saturated heterocycles. The van der Waals surface area contributed by atoms with Gasteiger partial charge in [-0.15, -0.1) is 53.6 Å². The largest absolute Gasteiger partial charge is 0.509 e. The maximum atomic E-state index is 6.92. The number of nitrogens with zero attached hydrogens (tertiary/aromatic N) is 4. The summed E-state index contributed by atoms with van der Waals surface area (Å²) in [6.45, 7) is 24.9. The second-order valence-corrected chi connectivity index (χ2v) is 21.2. The minimum Gasteiger partial charge on any atom is -0.509 e. The Bertz CT molecular complexity index is 3280. The molecule has 1 aliphatic heterocycles. The molecule has 0 atom stereocenters. The van der Waals surface area contributed by atoms with Gasteiger partial charge in [-0.25, -0.2) is 4.98 Å². The SMILES string of the molecule is CC(C)(C)c1cc(Oc2[c-]c3c(cc2)c2ccccc2n3-c2cc(C(C)(C)c3ccccc3)ccn2)[c-]c(N2[CH-]N(c3cccc(C(C)(C)c4ccccc4)c3)c3ccc(C(C)(C)C)cc32)c1.[Pt]. The van der Waals surface area contributed by atoms with Crippen LogP contribution >= 0.6 is 0 Å². The monoisotopic (exact) mass is 1070 g/mol. The van der Waals surface area contributed by atoms with Gasteiger partial charge in [0.25, 0.3) is 0 Å². The maximum Gasteiger partial charge on any atom is 0.135 e. The third-order valence-electron chi connectivity index (χ3n) is 13.9. The molecule has 0 spiro atoms. The standard InChI is InChI=1S/C62H59N4O.Pt/c1-59(2,3)44-28-31-55-57(37-44)65(41-64(55)48-25-19-24-45(34-48)61(7,8)42-20-13-11-14-21-42)49-35-47(60(4,5)6)36-51(39-49)67-50-29-30-53-52-26-17-18-27-54(52)66(56(53)40-50)58-38-46(32-33-63-58)62(9,10)43-22-15-12-16-23-43;/h11-38,41H,1-10H3;/q-3;. The van der Waals surface area contributed by atoms with Crippen molar-refractivity contribution in [3.05, 3.63) is 222 Å². The number of pyridine rings is 1. The Hall–Kier alpha value is -6.42. The predicted octanol–water partition coefficient (Wildman–Crippen LogP) is 16.2. The zero-order chi connectivity index (χ0) is 46.9. The average molecular weight is 1070 g/mol. The van der Waals surface area contributed by atoms with Crippen LogP contribution in [0.5, 0.6) is 11.5 Å². The van der Waals surface area contributed by atoms with E-state index in [2.05, 4.69) is 260 Å². The van der Waals surface area contributed by atoms with Crippen LogP contribution in [-0.2, 0) is 42.7 Å². The van der Waals surface area contributed by atoms with Gasteiger partial charge in [-0.3, -0.25) is 0 Å². The first-order valence-corrected chi connectivity index (χ1v) is 23.4. The summed E-state index contributed by atoms with van der Waals surface area (Å²) < 4.78 is 9.14. The van der Waals surface area contributed by atoms with Crippen LogP contribution < -0.4 is 14.5 Å². The van der Waals surface area contributed by atoms with Crippen LogP contribution in [0.15, 0.2) is 170 Å². The van der Waals surface area contributed by atoms with Crippen LogP contribution in [0.4, 0.5) is 22.7 Å². The smallest absolute Gasteiger partial charge is 0.135 e. The number of rotatable bonds is 9. The van der Waals surface area contributed by atoms with E-state index in [4.69, 9.17) is 9.72 Å². The van der Waals surface area contributed by atoms with Crippen molar-refractivity contribution in [2.24, 2.45) is 0 Å². The molecule has 0 saturated carbocycles. The quantitative estimate of drug-likeness (QED) is 0.135. The summed E-state index contributed by atoms with van der Waals surface area (Å²) in [5.74, 6) is 2.06. The second-order valence-electron chi connectivity index (χ2n) is 21.2. The van der Waals surface area contributed by atoms with E-state index in [0.29, 0.717) is 11.5 Å². The first kappa shape index (κ1) is 46.7. The fourth-order valence-corrected chi connectivity index (χ4v) is 9.48. The van der Waals surface area contributed by atoms with E-state index in [-0.39, 0.29) is 42.7 Å². The molecule has 3 heterocycles. The molecular weight excluding hydrogens is 1010 g/mol. The Labute approximate surface area is 417 Å². The molecular formula is C62H59N4OPt-3. The van der Waals surface area contributed by atoms with Crippen molar-refractivity contribution < 1.29 is 25.8 Å². The fraction of sp³-hybridized carbons (Fsp3) is 0.226. The Balaban J connectivity index is 0.00000578. The number of anilines is 4. The molecule has 6 heteroatoms. The molecule has 1 aliphatic rings. The van der Waals surface area contributed by atoms with Gasteiger partial charge < -0.3 is 19.1 Å². The molecule has 0 radical (unpaired) electrons. The Kier molecular flexibility index (Phi) is 12.1. The van der Waals surface area contributed by atoms with Gasteiger partial charge in [0, 0.05) is 72.2 Å². The summed E-state index contributed by atoms with van der Waals surface area (Å²) in [5.41, 5.74) is 12.9. The molecule has 9 aromatic rings. The molecule has 5 nitrogen and oxygen atoms in total. The van der Waals surface area contributed by atoms with Gasteiger partial charge in [-0.05, 0) is 86.5 Å². The number of hydrogen-bond donors (Lipinski definition) is 0. The van der Waals surface area contributed by atoms with Gasteiger partial charge >= 0.3 is 0 Å². The van der Waals surface area contributed by atoms with Crippen molar-refractivity contribution in [3.63, 3.8) is 0 Å². The number of ether oxygens (including phenoxy) is 1. The van der Waals surface area contributed by atoms with Crippen LogP contribution in [0.3, 0.4) is 0 Å². The summed E-state index contributed by atoms with van der Waals surface area (Å²) in [6, 6.07) is 66.1. The molecule has 2 aromatic heterocycles. The molecule has 10 rings (SSSR count). The van der Waals surface area contributed by atoms with E-state index < -0.39 is 0 Å². The maximum absolute atomic E-state index is 6.92. The molecule has 346 valence electrons. The van der Waals surface area contributed by atoms with E-state index in [1.54, 1.807) is 0 Å². The topological polar surface area (TPSA) is 33.5 Å². The van der Waals surface area contributed by atoms with Crippen LogP contribution in [0.25, 0.3) is 27.6 Å². The molecule has 0 bridgehead atoms. The van der Waals surface area contributed by atoms with Gasteiger partial charge in [0.1, 0.15) is 5.82 Å². The fourth-order valence-electron chi connectivity index (χ4n) is 9.48. The van der Waals surface area contributed by atoms with Gasteiger partial charge in [0.15, 0.2) is 0 Å². The van der Waals surface area contributed by atoms with Crippen molar-refractivity contribution in [2.45, 2.75) is 90.9 Å². The van der Waals surface area contributed by atoms with Crippen molar-refractivity contribution in [1.82, 2.24) is 9.55 Å². The molecule has 0 aliphatic carbocycles. The summed E-state index contributed by atoms with van der Waals surface area (Å²) >= 11 is 0. The summed E-state index contributed by atoms with van der Waals surface area (Å²) in [7, 11) is 0. The van der Waals surface area contributed by atoms with Crippen LogP contribution in [-0.4, -0.2) is 9.55 Å². The van der Waals surface area contributed by atoms with Gasteiger partial charge in [-0.1, -0.05) is 172 Å². The Morgan fingerprint density at radius 2 is 1.10 bits per heavy atom. The summed E-state index contributed by atoms with van der Waals surface area (Å²) in [6.07, 6.45) is 1.92. The minimum atomic E-state index is -0.233. The van der Waals surface area contributed by atoms with Crippen molar-refractivity contribution in [1.29, 1.82) is 0 Å². The molecule has 0 unspecified atom stereocenters. The predicted molar refractivity (Wildman–Crippen MR) is 279 cm³/mol. The van der Waals surface area contributed by atoms with Crippen LogP contribution in [0, 0.1) is 18.8 Å². The van der Waals surface area contributed by atoms with E-state index in [9.17, 15) is 0 Å². The normalized spacial score (nSPS) is 13.2. The number of fused-ring (bicyclic) bond motifs is 4. The van der Waals surface area contributed by atoms with Crippen molar-refractivity contribution in [2.75, 3.05) is 9.80 Å². The molecule has 68 heavy (non-hydrogen) atoms. The number of para-hydroxylation sites is 1. The van der Waals surface area contributed by atoms with E-state index in [0.717, 1.165) is 55.9 Å². The zero-order valence-electron chi connectivity index (χ0n) is 40.8. The number of aromatic nitrogens is 2. The first-order chi connectivity index (χ1) is 32.0. The molecule has 0 amide bonds. The van der Waals surface area contributed by atoms with Gasteiger partial charge in [0.2, 0.25) is 0 Å². The first-order valence-electron chi connectivity index (χ1n) is 23.4. The van der Waals surface area contributed by atoms with Gasteiger partial charge in [-0.2, -0.15) is 6.07 Å². The summed E-state index contributed by atoms with van der Waals surface area (Å²) in [4.78, 5) is 9.57. The molecule has 7 aromatic carbocycles. The van der Waals surface area contributed by atoms with E-state index in [1.807, 2.05) is 12.3 Å². The summed E-state index contributed by atoms with van der Waals surface area (Å²) in [5, 5.41) is 2.22. The average Bonchev–Trinajstić information content (AvgIpc) is 3.87. The van der Waals surface area contributed by atoms with Crippen molar-refractivity contribution >= 4 is 44.6 Å². The second kappa shape index (κ2) is 17.6. The number of benzene rings is 7. The third-order valence-corrected chi connectivity index (χ3v) is 13.9. The van der Waals surface area contributed by atoms with E-state index in [1.165, 1.54) is 27.8 Å². The number of hydrogen-bond acceptors (Lipinski definition) is 4. The molecule has 0 N–H and O–H groups in total. The molecule has 0 fully saturated rings. The Morgan fingerprint density at radius 1 is 0.471 bits per heavy atom.